The summed E-state index contributed by atoms with van der Waals surface area (Å²) in [5.74, 6) is 0. The molecule has 1 aromatic carbocycles. The molecule has 1 atom stereocenters. The molecule has 0 amide bonds. The molecule has 1 aromatic rings. The van der Waals surface area contributed by atoms with E-state index in [0.29, 0.717) is 6.54 Å². The molecule has 18 heavy (non-hydrogen) atoms. The van der Waals surface area contributed by atoms with Gasteiger partial charge >= 0.3 is 0 Å². The van der Waals surface area contributed by atoms with Crippen molar-refractivity contribution in [1.29, 1.82) is 0 Å². The number of nitrogens with zero attached hydrogens (tertiary/aromatic N) is 1. The summed E-state index contributed by atoms with van der Waals surface area (Å²) < 4.78 is 0. The molecule has 0 aliphatic carbocycles. The smallest absolute Gasteiger partial charge is 0.0763 e. The number of benzene rings is 1. The first-order valence-corrected chi connectivity index (χ1v) is 6.63. The Morgan fingerprint density at radius 3 is 2.50 bits per heavy atom. The lowest BCUT2D eigenvalue weighted by Crippen LogP contribution is -2.40. The van der Waals surface area contributed by atoms with Crippen molar-refractivity contribution in [2.45, 2.75) is 40.2 Å². The predicted molar refractivity (Wildman–Crippen MR) is 78.8 cm³/mol. The summed E-state index contributed by atoms with van der Waals surface area (Å²) in [6.07, 6.45) is 0.691. The third kappa shape index (κ3) is 4.22. The van der Waals surface area contributed by atoms with Gasteiger partial charge in [-0.05, 0) is 30.0 Å². The Morgan fingerprint density at radius 1 is 1.33 bits per heavy atom. The van der Waals surface area contributed by atoms with Crippen molar-refractivity contribution in [1.82, 2.24) is 0 Å². The Labute approximate surface area is 111 Å². The standard InChI is InChI=1S/C15H26N2O/c1-5-9-17(11-14(18)15(2,3)4)13-8-6-7-12(16)10-13/h6-8,10,14,18H,5,9,11,16H2,1-4H3. The average molecular weight is 250 g/mol. The highest BCUT2D eigenvalue weighted by Crippen LogP contribution is 2.24. The van der Waals surface area contributed by atoms with E-state index in [1.54, 1.807) is 0 Å². The number of hydrogen-bond donors (Lipinski definition) is 2. The largest absolute Gasteiger partial charge is 0.399 e. The first-order chi connectivity index (χ1) is 8.34. The molecule has 0 radical (unpaired) electrons. The molecule has 3 heteroatoms. The van der Waals surface area contributed by atoms with Crippen LogP contribution in [-0.4, -0.2) is 24.3 Å². The maximum atomic E-state index is 10.2. The van der Waals surface area contributed by atoms with Crippen molar-refractivity contribution in [3.05, 3.63) is 24.3 Å². The van der Waals surface area contributed by atoms with E-state index in [-0.39, 0.29) is 11.5 Å². The topological polar surface area (TPSA) is 49.5 Å². The number of aliphatic hydroxyl groups is 1. The zero-order valence-electron chi connectivity index (χ0n) is 12.0. The summed E-state index contributed by atoms with van der Waals surface area (Å²) >= 11 is 0. The first kappa shape index (κ1) is 14.8. The molecule has 0 bridgehead atoms. The minimum absolute atomic E-state index is 0.105. The van der Waals surface area contributed by atoms with Crippen LogP contribution in [0.15, 0.2) is 24.3 Å². The van der Waals surface area contributed by atoms with Crippen LogP contribution >= 0.6 is 0 Å². The molecule has 3 nitrogen and oxygen atoms in total. The summed E-state index contributed by atoms with van der Waals surface area (Å²) in [4.78, 5) is 2.20. The van der Waals surface area contributed by atoms with Crippen LogP contribution in [0, 0.1) is 5.41 Å². The number of anilines is 2. The van der Waals surface area contributed by atoms with Crippen molar-refractivity contribution in [2.75, 3.05) is 23.7 Å². The lowest BCUT2D eigenvalue weighted by molar-refractivity contribution is 0.0689. The van der Waals surface area contributed by atoms with Gasteiger partial charge in [0, 0.05) is 24.5 Å². The van der Waals surface area contributed by atoms with Crippen molar-refractivity contribution in [3.8, 4) is 0 Å². The van der Waals surface area contributed by atoms with E-state index in [1.165, 1.54) is 0 Å². The van der Waals surface area contributed by atoms with Gasteiger partial charge in [0.15, 0.2) is 0 Å². The van der Waals surface area contributed by atoms with Gasteiger partial charge in [0.25, 0.3) is 0 Å². The number of nitrogens with two attached hydrogens (primary N) is 1. The van der Waals surface area contributed by atoms with E-state index in [0.717, 1.165) is 24.3 Å². The van der Waals surface area contributed by atoms with Gasteiger partial charge in [-0.3, -0.25) is 0 Å². The van der Waals surface area contributed by atoms with Crippen molar-refractivity contribution in [3.63, 3.8) is 0 Å². The Kier molecular flexibility index (Phi) is 5.03. The molecule has 1 unspecified atom stereocenters. The van der Waals surface area contributed by atoms with Gasteiger partial charge in [0.2, 0.25) is 0 Å². The van der Waals surface area contributed by atoms with Gasteiger partial charge in [-0.25, -0.2) is 0 Å². The number of hydrogen-bond acceptors (Lipinski definition) is 3. The summed E-state index contributed by atoms with van der Waals surface area (Å²) in [5.41, 5.74) is 7.56. The van der Waals surface area contributed by atoms with E-state index >= 15 is 0 Å². The maximum Gasteiger partial charge on any atom is 0.0763 e. The van der Waals surface area contributed by atoms with Crippen molar-refractivity contribution in [2.24, 2.45) is 5.41 Å². The van der Waals surface area contributed by atoms with Crippen molar-refractivity contribution < 1.29 is 5.11 Å². The third-order valence-corrected chi connectivity index (χ3v) is 3.12. The fourth-order valence-corrected chi connectivity index (χ4v) is 1.80. The molecule has 0 aliphatic rings. The van der Waals surface area contributed by atoms with Crippen molar-refractivity contribution >= 4 is 11.4 Å². The molecule has 0 spiro atoms. The third-order valence-electron chi connectivity index (χ3n) is 3.12. The van der Waals surface area contributed by atoms with E-state index in [4.69, 9.17) is 5.73 Å². The molecule has 0 saturated heterocycles. The van der Waals surface area contributed by atoms with Crippen LogP contribution in [-0.2, 0) is 0 Å². The molecule has 102 valence electrons. The SMILES string of the molecule is CCCN(CC(O)C(C)(C)C)c1cccc(N)c1. The Balaban J connectivity index is 2.83. The van der Waals surface area contributed by atoms with Gasteiger partial charge in [-0.2, -0.15) is 0 Å². The minimum Gasteiger partial charge on any atom is -0.399 e. The van der Waals surface area contributed by atoms with Gasteiger partial charge < -0.3 is 15.7 Å². The second-order valence-corrected chi connectivity index (χ2v) is 5.92. The second-order valence-electron chi connectivity index (χ2n) is 5.92. The van der Waals surface area contributed by atoms with Gasteiger partial charge in [-0.15, -0.1) is 0 Å². The molecule has 0 aromatic heterocycles. The average Bonchev–Trinajstić information content (AvgIpc) is 2.27. The predicted octanol–water partition coefficient (Wildman–Crippen LogP) is 2.89. The number of aliphatic hydroxyl groups excluding tert-OH is 1. The Bertz CT molecular complexity index is 371. The molecular weight excluding hydrogens is 224 g/mol. The van der Waals surface area contributed by atoms with Crippen LogP contribution in [0.5, 0.6) is 0 Å². The maximum absolute atomic E-state index is 10.2. The van der Waals surface area contributed by atoms with E-state index in [9.17, 15) is 5.11 Å². The Hall–Kier alpha value is -1.22. The molecule has 0 saturated carbocycles. The summed E-state index contributed by atoms with van der Waals surface area (Å²) in [5, 5.41) is 10.2. The Morgan fingerprint density at radius 2 is 2.00 bits per heavy atom. The highest BCUT2D eigenvalue weighted by molar-refractivity contribution is 5.56. The van der Waals surface area contributed by atoms with Gasteiger partial charge in [0.1, 0.15) is 0 Å². The summed E-state index contributed by atoms with van der Waals surface area (Å²) in [6, 6.07) is 7.84. The molecular formula is C15H26N2O. The van der Waals surface area contributed by atoms with Crippen LogP contribution in [0.3, 0.4) is 0 Å². The van der Waals surface area contributed by atoms with Crippen LogP contribution in [0.1, 0.15) is 34.1 Å². The zero-order chi connectivity index (χ0) is 13.8. The second kappa shape index (κ2) is 6.10. The van der Waals surface area contributed by atoms with Gasteiger partial charge in [-0.1, -0.05) is 33.8 Å². The fraction of sp³-hybridized carbons (Fsp3) is 0.600. The van der Waals surface area contributed by atoms with Crippen LogP contribution in [0.2, 0.25) is 0 Å². The molecule has 1 rings (SSSR count). The summed E-state index contributed by atoms with van der Waals surface area (Å²) in [7, 11) is 0. The number of rotatable bonds is 5. The summed E-state index contributed by atoms with van der Waals surface area (Å²) in [6.45, 7) is 9.88. The van der Waals surface area contributed by atoms with Gasteiger partial charge in [0.05, 0.1) is 6.10 Å². The van der Waals surface area contributed by atoms with Crippen LogP contribution in [0.4, 0.5) is 11.4 Å². The molecule has 0 aliphatic heterocycles. The number of nitrogen functional groups attached to an aromatic ring is 1. The lowest BCUT2D eigenvalue weighted by Gasteiger charge is -2.33. The highest BCUT2D eigenvalue weighted by Gasteiger charge is 2.24. The molecule has 0 fully saturated rings. The van der Waals surface area contributed by atoms with E-state index < -0.39 is 0 Å². The quantitative estimate of drug-likeness (QED) is 0.790. The van der Waals surface area contributed by atoms with Crippen LogP contribution < -0.4 is 10.6 Å². The fourth-order valence-electron chi connectivity index (χ4n) is 1.80. The normalized spacial score (nSPS) is 13.4. The van der Waals surface area contributed by atoms with E-state index in [2.05, 4.69) is 32.6 Å². The lowest BCUT2D eigenvalue weighted by atomic mass is 9.89. The first-order valence-electron chi connectivity index (χ1n) is 6.63. The molecule has 3 N–H and O–H groups in total. The van der Waals surface area contributed by atoms with E-state index in [1.807, 2.05) is 24.3 Å². The van der Waals surface area contributed by atoms with Crippen LogP contribution in [0.25, 0.3) is 0 Å². The monoisotopic (exact) mass is 250 g/mol. The zero-order valence-corrected chi connectivity index (χ0v) is 12.0. The molecule has 0 heterocycles. The highest BCUT2D eigenvalue weighted by atomic mass is 16.3. The minimum atomic E-state index is -0.356.